The van der Waals surface area contributed by atoms with Gasteiger partial charge in [-0.15, -0.1) is 5.53 Å². The molecule has 22 heavy (non-hydrogen) atoms. The third-order valence-electron chi connectivity index (χ3n) is 4.55. The molecular weight excluding hydrogens is 270 g/mol. The normalized spacial score (nSPS) is 13.8. The van der Waals surface area contributed by atoms with Crippen LogP contribution in [0.4, 0.5) is 0 Å². The summed E-state index contributed by atoms with van der Waals surface area (Å²) in [5.41, 5.74) is 6.05. The first-order chi connectivity index (χ1) is 10.9. The van der Waals surface area contributed by atoms with Gasteiger partial charge in [0.1, 0.15) is 0 Å². The molecule has 1 heterocycles. The Balaban J connectivity index is 1.65. The molecule has 0 aromatic heterocycles. The predicted molar refractivity (Wildman–Crippen MR) is 97.0 cm³/mol. The third kappa shape index (κ3) is 11.9. The molecule has 0 spiro atoms. The van der Waals surface area contributed by atoms with E-state index in [2.05, 4.69) is 29.1 Å². The summed E-state index contributed by atoms with van der Waals surface area (Å²) in [4.78, 5) is 0. The average molecular weight is 310 g/mol. The van der Waals surface area contributed by atoms with Gasteiger partial charge in [0.25, 0.3) is 0 Å². The summed E-state index contributed by atoms with van der Waals surface area (Å²) in [5, 5.41) is 2.11. The van der Waals surface area contributed by atoms with Gasteiger partial charge in [-0.1, -0.05) is 96.8 Å². The summed E-state index contributed by atoms with van der Waals surface area (Å²) in [6, 6.07) is 0. The molecule has 0 bridgehead atoms. The SMILES string of the molecule is CCCCCCCCCCCCCCCCCN1C=CNN1. The second kappa shape index (κ2) is 15.2. The Bertz CT molecular complexity index is 253. The highest BCUT2D eigenvalue weighted by atomic mass is 15.7. The average Bonchev–Trinajstić information content (AvgIpc) is 3.04. The summed E-state index contributed by atoms with van der Waals surface area (Å²) >= 11 is 0. The summed E-state index contributed by atoms with van der Waals surface area (Å²) < 4.78 is 0. The number of nitrogens with one attached hydrogen (secondary N) is 2. The van der Waals surface area contributed by atoms with Crippen LogP contribution >= 0.6 is 0 Å². The van der Waals surface area contributed by atoms with Gasteiger partial charge in [-0.2, -0.15) is 0 Å². The van der Waals surface area contributed by atoms with E-state index in [1.165, 1.54) is 96.3 Å². The molecule has 1 rings (SSSR count). The lowest BCUT2D eigenvalue weighted by molar-refractivity contribution is 0.265. The van der Waals surface area contributed by atoms with Crippen LogP contribution in [0.25, 0.3) is 0 Å². The molecule has 0 aliphatic carbocycles. The number of nitrogens with zero attached hydrogens (tertiary/aromatic N) is 1. The molecule has 0 amide bonds. The molecule has 130 valence electrons. The Kier molecular flexibility index (Phi) is 13.4. The minimum Gasteiger partial charge on any atom is -0.310 e. The van der Waals surface area contributed by atoms with Crippen molar-refractivity contribution in [2.75, 3.05) is 6.54 Å². The van der Waals surface area contributed by atoms with E-state index < -0.39 is 0 Å². The first-order valence-corrected chi connectivity index (χ1v) is 9.88. The van der Waals surface area contributed by atoms with E-state index >= 15 is 0 Å². The minimum absolute atomic E-state index is 1.11. The Hall–Kier alpha value is -0.700. The standard InChI is InChI=1S/C19H39N3/c1-2-3-4-5-6-7-8-9-10-11-12-13-14-15-16-18-22-19-17-20-21-22/h17,19-21H,2-16,18H2,1H3. The fourth-order valence-corrected chi connectivity index (χ4v) is 3.07. The van der Waals surface area contributed by atoms with Gasteiger partial charge in [-0.05, 0) is 6.42 Å². The highest BCUT2D eigenvalue weighted by molar-refractivity contribution is 4.81. The van der Waals surface area contributed by atoms with Gasteiger partial charge in [0.2, 0.25) is 0 Å². The van der Waals surface area contributed by atoms with Crippen LogP contribution in [0, 0.1) is 0 Å². The van der Waals surface area contributed by atoms with E-state index in [9.17, 15) is 0 Å². The van der Waals surface area contributed by atoms with Gasteiger partial charge in [0, 0.05) is 18.9 Å². The van der Waals surface area contributed by atoms with Crippen LogP contribution in [0.5, 0.6) is 0 Å². The van der Waals surface area contributed by atoms with E-state index in [0.717, 1.165) is 6.54 Å². The van der Waals surface area contributed by atoms with E-state index in [-0.39, 0.29) is 0 Å². The number of hydrogen-bond donors (Lipinski definition) is 2. The molecule has 0 aromatic rings. The molecule has 1 aliphatic rings. The fraction of sp³-hybridized carbons (Fsp3) is 0.895. The monoisotopic (exact) mass is 309 g/mol. The molecule has 0 saturated heterocycles. The van der Waals surface area contributed by atoms with Crippen molar-refractivity contribution in [1.29, 1.82) is 0 Å². The fourth-order valence-electron chi connectivity index (χ4n) is 3.07. The van der Waals surface area contributed by atoms with Crippen LogP contribution in [-0.4, -0.2) is 11.6 Å². The van der Waals surface area contributed by atoms with Gasteiger partial charge in [0.05, 0.1) is 0 Å². The topological polar surface area (TPSA) is 27.3 Å². The van der Waals surface area contributed by atoms with E-state index in [0.29, 0.717) is 0 Å². The van der Waals surface area contributed by atoms with Crippen molar-refractivity contribution < 1.29 is 0 Å². The van der Waals surface area contributed by atoms with Crippen LogP contribution in [0.3, 0.4) is 0 Å². The zero-order valence-corrected chi connectivity index (χ0v) is 14.9. The number of unbranched alkanes of at least 4 members (excludes halogenated alkanes) is 14. The zero-order valence-electron chi connectivity index (χ0n) is 14.9. The van der Waals surface area contributed by atoms with E-state index in [1.807, 2.05) is 6.20 Å². The molecular formula is C19H39N3. The smallest absolute Gasteiger partial charge is 0.0356 e. The number of rotatable bonds is 16. The maximum atomic E-state index is 3.08. The molecule has 3 nitrogen and oxygen atoms in total. The molecule has 3 heteroatoms. The summed E-state index contributed by atoms with van der Waals surface area (Å²) in [7, 11) is 0. The van der Waals surface area contributed by atoms with E-state index in [1.54, 1.807) is 0 Å². The number of hydrazine groups is 2. The van der Waals surface area contributed by atoms with Gasteiger partial charge in [0.15, 0.2) is 0 Å². The van der Waals surface area contributed by atoms with Crippen molar-refractivity contribution in [3.8, 4) is 0 Å². The minimum atomic E-state index is 1.11. The van der Waals surface area contributed by atoms with Crippen LogP contribution in [0.2, 0.25) is 0 Å². The number of hydrogen-bond acceptors (Lipinski definition) is 3. The molecule has 1 aliphatic heterocycles. The molecule has 0 atom stereocenters. The second-order valence-electron chi connectivity index (χ2n) is 6.72. The largest absolute Gasteiger partial charge is 0.310 e. The predicted octanol–water partition coefficient (Wildman–Crippen LogP) is 5.65. The van der Waals surface area contributed by atoms with Gasteiger partial charge in [-0.3, -0.25) is 5.01 Å². The molecule has 0 aromatic carbocycles. The summed E-state index contributed by atoms with van der Waals surface area (Å²) in [6.45, 7) is 3.40. The van der Waals surface area contributed by atoms with Gasteiger partial charge in [-0.25, -0.2) is 0 Å². The van der Waals surface area contributed by atoms with Gasteiger partial charge < -0.3 is 5.43 Å². The maximum absolute atomic E-state index is 3.08. The van der Waals surface area contributed by atoms with Crippen LogP contribution in [0.1, 0.15) is 103 Å². The first-order valence-electron chi connectivity index (χ1n) is 9.88. The molecule has 0 radical (unpaired) electrons. The van der Waals surface area contributed by atoms with Crippen molar-refractivity contribution in [3.05, 3.63) is 12.4 Å². The van der Waals surface area contributed by atoms with E-state index in [4.69, 9.17) is 0 Å². The molecule has 0 saturated carbocycles. The lowest BCUT2D eigenvalue weighted by Gasteiger charge is -2.14. The van der Waals surface area contributed by atoms with Crippen LogP contribution in [-0.2, 0) is 0 Å². The summed E-state index contributed by atoms with van der Waals surface area (Å²) in [5.74, 6) is 0. The summed E-state index contributed by atoms with van der Waals surface area (Å²) in [6.07, 6.45) is 25.4. The highest BCUT2D eigenvalue weighted by Gasteiger charge is 2.01. The van der Waals surface area contributed by atoms with Crippen molar-refractivity contribution in [2.45, 2.75) is 103 Å². The Morgan fingerprint density at radius 1 is 0.636 bits per heavy atom. The van der Waals surface area contributed by atoms with Crippen molar-refractivity contribution >= 4 is 0 Å². The molecule has 0 fully saturated rings. The third-order valence-corrected chi connectivity index (χ3v) is 4.55. The van der Waals surface area contributed by atoms with Crippen molar-refractivity contribution in [2.24, 2.45) is 0 Å². The highest BCUT2D eigenvalue weighted by Crippen LogP contribution is 2.13. The Morgan fingerprint density at radius 2 is 1.09 bits per heavy atom. The molecule has 0 unspecified atom stereocenters. The van der Waals surface area contributed by atoms with Crippen molar-refractivity contribution in [1.82, 2.24) is 16.0 Å². The van der Waals surface area contributed by atoms with Gasteiger partial charge >= 0.3 is 0 Å². The second-order valence-corrected chi connectivity index (χ2v) is 6.72. The Morgan fingerprint density at radius 3 is 1.50 bits per heavy atom. The Labute approximate surface area is 138 Å². The van der Waals surface area contributed by atoms with Crippen molar-refractivity contribution in [3.63, 3.8) is 0 Å². The van der Waals surface area contributed by atoms with Crippen LogP contribution in [0.15, 0.2) is 12.4 Å². The van der Waals surface area contributed by atoms with Crippen LogP contribution < -0.4 is 11.0 Å². The zero-order chi connectivity index (χ0) is 15.7. The quantitative estimate of drug-likeness (QED) is 0.361. The first kappa shape index (κ1) is 19.3. The lowest BCUT2D eigenvalue weighted by atomic mass is 10.0. The lowest BCUT2D eigenvalue weighted by Crippen LogP contribution is -2.35. The molecule has 2 N–H and O–H groups in total. The maximum Gasteiger partial charge on any atom is 0.0356 e.